The van der Waals surface area contributed by atoms with Gasteiger partial charge >= 0.3 is 6.11 Å². The van der Waals surface area contributed by atoms with Crippen molar-refractivity contribution in [3.05, 3.63) is 95.5 Å². The lowest BCUT2D eigenvalue weighted by atomic mass is 10.0. The zero-order chi connectivity index (χ0) is 24.9. The fraction of sp³-hybridized carbons (Fsp3) is 0.200. The van der Waals surface area contributed by atoms with Crippen LogP contribution in [0.25, 0.3) is 11.1 Å². The van der Waals surface area contributed by atoms with Gasteiger partial charge in [0.05, 0.1) is 11.8 Å². The highest BCUT2D eigenvalue weighted by Gasteiger charge is 2.34. The van der Waals surface area contributed by atoms with Crippen LogP contribution in [0.3, 0.4) is 0 Å². The predicted octanol–water partition coefficient (Wildman–Crippen LogP) is 8.01. The summed E-state index contributed by atoms with van der Waals surface area (Å²) >= 11 is 0. The molecule has 0 aliphatic heterocycles. The van der Waals surface area contributed by atoms with Gasteiger partial charge in [-0.1, -0.05) is 25.5 Å². The first-order valence-corrected chi connectivity index (χ1v) is 10.2. The summed E-state index contributed by atoms with van der Waals surface area (Å²) < 4.78 is 105. The Kier molecular flexibility index (Phi) is 7.86. The summed E-state index contributed by atoms with van der Waals surface area (Å²) in [4.78, 5) is 0. The molecular weight excluding hydrogens is 465 g/mol. The minimum Gasteiger partial charge on any atom is -0.459 e. The van der Waals surface area contributed by atoms with E-state index in [9.17, 15) is 30.7 Å². The van der Waals surface area contributed by atoms with Gasteiger partial charge in [0.15, 0.2) is 17.4 Å². The Morgan fingerprint density at radius 3 is 2.09 bits per heavy atom. The van der Waals surface area contributed by atoms with E-state index in [1.165, 1.54) is 12.1 Å². The molecule has 0 radical (unpaired) electrons. The van der Waals surface area contributed by atoms with Gasteiger partial charge in [-0.15, -0.1) is 0 Å². The lowest BCUT2D eigenvalue weighted by molar-refractivity contribution is -0.185. The van der Waals surface area contributed by atoms with Gasteiger partial charge in [0.2, 0.25) is 0 Å². The molecule has 3 aromatic rings. The molecule has 0 bridgehead atoms. The van der Waals surface area contributed by atoms with Crippen LogP contribution in [0.1, 0.15) is 24.5 Å². The normalized spacial score (nSPS) is 11.9. The molecule has 0 saturated carbocycles. The van der Waals surface area contributed by atoms with E-state index in [0.717, 1.165) is 42.7 Å². The van der Waals surface area contributed by atoms with E-state index in [2.05, 4.69) is 9.47 Å². The van der Waals surface area contributed by atoms with E-state index in [1.54, 1.807) is 12.1 Å². The van der Waals surface area contributed by atoms with Gasteiger partial charge in [0.25, 0.3) is 6.43 Å². The highest BCUT2D eigenvalue weighted by Crippen LogP contribution is 2.35. The van der Waals surface area contributed by atoms with Crippen molar-refractivity contribution in [2.75, 3.05) is 0 Å². The van der Waals surface area contributed by atoms with E-state index in [4.69, 9.17) is 0 Å². The van der Waals surface area contributed by atoms with Gasteiger partial charge in [0.1, 0.15) is 11.6 Å². The molecule has 180 valence electrons. The van der Waals surface area contributed by atoms with Crippen LogP contribution < -0.4 is 9.47 Å². The van der Waals surface area contributed by atoms with Crippen LogP contribution in [0, 0.1) is 17.5 Å². The average molecular weight is 484 g/mol. The summed E-state index contributed by atoms with van der Waals surface area (Å²) in [5, 5.41) is 0. The average Bonchev–Trinajstić information content (AvgIpc) is 2.76. The Hall–Kier alpha value is -3.49. The maximum Gasteiger partial charge on any atom is 0.426 e. The summed E-state index contributed by atoms with van der Waals surface area (Å²) in [5.74, 6) is -5.07. The number of aryl methyl sites for hydroxylation is 1. The Morgan fingerprint density at radius 2 is 1.53 bits per heavy atom. The number of halogens is 7. The zero-order valence-electron chi connectivity index (χ0n) is 17.8. The number of alkyl halides is 4. The molecule has 0 spiro atoms. The third kappa shape index (κ3) is 6.09. The summed E-state index contributed by atoms with van der Waals surface area (Å²) in [7, 11) is 0. The number of ether oxygens (including phenoxy) is 2. The van der Waals surface area contributed by atoms with Gasteiger partial charge in [-0.25, -0.2) is 22.0 Å². The molecule has 0 unspecified atom stereocenters. The monoisotopic (exact) mass is 484 g/mol. The van der Waals surface area contributed by atoms with Crippen LogP contribution in [0.15, 0.2) is 66.9 Å². The van der Waals surface area contributed by atoms with Crippen LogP contribution in [-0.2, 0) is 12.5 Å². The molecule has 3 rings (SSSR count). The molecule has 0 aromatic heterocycles. The van der Waals surface area contributed by atoms with Crippen molar-refractivity contribution in [2.45, 2.75) is 32.3 Å². The fourth-order valence-electron chi connectivity index (χ4n) is 3.15. The van der Waals surface area contributed by atoms with Gasteiger partial charge in [0, 0.05) is 17.7 Å². The Bertz CT molecular complexity index is 1140. The van der Waals surface area contributed by atoms with Crippen LogP contribution in [-0.4, -0.2) is 6.43 Å². The molecular formula is C25H19F7O2. The SMILES string of the molecule is CCCc1ccc(C(F)(F)Oc2ccc(-c3cc(F)c(O/C=C/C(F)F)c(F)c3)c(F)c2)cc1. The first kappa shape index (κ1) is 25.1. The summed E-state index contributed by atoms with van der Waals surface area (Å²) in [6.45, 7) is 1.96. The van der Waals surface area contributed by atoms with Crippen molar-refractivity contribution in [3.63, 3.8) is 0 Å². The van der Waals surface area contributed by atoms with E-state index in [0.29, 0.717) is 12.3 Å². The second kappa shape index (κ2) is 10.6. The van der Waals surface area contributed by atoms with Gasteiger partial charge in [-0.2, -0.15) is 8.78 Å². The Balaban J connectivity index is 1.80. The first-order chi connectivity index (χ1) is 16.1. The molecule has 0 saturated heterocycles. The van der Waals surface area contributed by atoms with E-state index < -0.39 is 47.0 Å². The lowest BCUT2D eigenvalue weighted by Crippen LogP contribution is -2.22. The van der Waals surface area contributed by atoms with Crippen molar-refractivity contribution in [2.24, 2.45) is 0 Å². The van der Waals surface area contributed by atoms with Gasteiger partial charge in [-0.3, -0.25) is 0 Å². The van der Waals surface area contributed by atoms with Crippen molar-refractivity contribution < 1.29 is 40.2 Å². The van der Waals surface area contributed by atoms with Crippen LogP contribution in [0.2, 0.25) is 0 Å². The van der Waals surface area contributed by atoms with Crippen molar-refractivity contribution in [3.8, 4) is 22.6 Å². The number of rotatable bonds is 9. The number of hydrogen-bond acceptors (Lipinski definition) is 2. The fourth-order valence-corrected chi connectivity index (χ4v) is 3.15. The summed E-state index contributed by atoms with van der Waals surface area (Å²) in [6.07, 6.45) is -4.33. The molecule has 9 heteroatoms. The van der Waals surface area contributed by atoms with Gasteiger partial charge < -0.3 is 9.47 Å². The van der Waals surface area contributed by atoms with E-state index in [1.807, 2.05) is 6.92 Å². The molecule has 34 heavy (non-hydrogen) atoms. The molecule has 0 aliphatic carbocycles. The molecule has 0 amide bonds. The Labute approximate surface area is 191 Å². The maximum absolute atomic E-state index is 14.6. The lowest BCUT2D eigenvalue weighted by Gasteiger charge is -2.19. The second-order valence-electron chi connectivity index (χ2n) is 7.26. The zero-order valence-corrected chi connectivity index (χ0v) is 17.8. The summed E-state index contributed by atoms with van der Waals surface area (Å²) in [6, 6.07) is 9.72. The summed E-state index contributed by atoms with van der Waals surface area (Å²) in [5.41, 5.74) is -0.0922. The highest BCUT2D eigenvalue weighted by molar-refractivity contribution is 5.66. The van der Waals surface area contributed by atoms with Crippen LogP contribution in [0.4, 0.5) is 30.7 Å². The second-order valence-corrected chi connectivity index (χ2v) is 7.26. The number of hydrogen-bond donors (Lipinski definition) is 0. The molecule has 0 N–H and O–H groups in total. The predicted molar refractivity (Wildman–Crippen MR) is 112 cm³/mol. The van der Waals surface area contributed by atoms with E-state index >= 15 is 0 Å². The van der Waals surface area contributed by atoms with Crippen molar-refractivity contribution >= 4 is 0 Å². The number of benzene rings is 3. The molecule has 0 aliphatic rings. The minimum atomic E-state index is -3.75. The van der Waals surface area contributed by atoms with Gasteiger partial charge in [-0.05, 0) is 53.9 Å². The number of allylic oxidation sites excluding steroid dienone is 1. The minimum absolute atomic E-state index is 0.262. The first-order valence-electron chi connectivity index (χ1n) is 10.2. The third-order valence-electron chi connectivity index (χ3n) is 4.73. The topological polar surface area (TPSA) is 18.5 Å². The molecule has 3 aromatic carbocycles. The van der Waals surface area contributed by atoms with E-state index in [-0.39, 0.29) is 17.2 Å². The molecule has 0 fully saturated rings. The quantitative estimate of drug-likeness (QED) is 0.226. The molecule has 0 atom stereocenters. The molecule has 0 heterocycles. The van der Waals surface area contributed by atoms with Crippen LogP contribution in [0.5, 0.6) is 11.5 Å². The standard InChI is InChI=1S/C25H19F7O2/c1-2-3-15-4-6-17(7-5-15)25(31,32)34-18-8-9-19(20(26)14-18)16-12-21(27)24(22(28)13-16)33-11-10-23(29)30/h4-14,23H,2-3H2,1H3/b11-10+. The van der Waals surface area contributed by atoms with Crippen LogP contribution >= 0.6 is 0 Å². The molecule has 2 nitrogen and oxygen atoms in total. The highest BCUT2D eigenvalue weighted by atomic mass is 19.3. The smallest absolute Gasteiger partial charge is 0.426 e. The third-order valence-corrected chi connectivity index (χ3v) is 4.73. The van der Waals surface area contributed by atoms with Crippen molar-refractivity contribution in [1.29, 1.82) is 0 Å². The Morgan fingerprint density at radius 1 is 0.882 bits per heavy atom. The van der Waals surface area contributed by atoms with Crippen molar-refractivity contribution in [1.82, 2.24) is 0 Å². The maximum atomic E-state index is 14.6. The largest absolute Gasteiger partial charge is 0.459 e.